The fraction of sp³-hybridized carbons (Fsp3) is 0.500. The van der Waals surface area contributed by atoms with Crippen LogP contribution in [0.25, 0.3) is 0 Å². The minimum Gasteiger partial charge on any atom is -0.451 e. The van der Waals surface area contributed by atoms with Crippen molar-refractivity contribution in [3.8, 4) is 0 Å². The third kappa shape index (κ3) is 2.35. The summed E-state index contributed by atoms with van der Waals surface area (Å²) in [5.74, 6) is -0.475. The van der Waals surface area contributed by atoms with Crippen LogP contribution in [-0.4, -0.2) is 60.6 Å². The molecular formula is C14H18N2O6. The molecule has 0 saturated heterocycles. The number of nitrogens with zero attached hydrogens (tertiary/aromatic N) is 2. The van der Waals surface area contributed by atoms with Crippen LogP contribution >= 0.6 is 0 Å². The van der Waals surface area contributed by atoms with Crippen molar-refractivity contribution in [2.24, 2.45) is 0 Å². The highest BCUT2D eigenvalue weighted by Crippen LogP contribution is 2.34. The van der Waals surface area contributed by atoms with Crippen molar-refractivity contribution >= 4 is 18.0 Å². The molecule has 22 heavy (non-hydrogen) atoms. The van der Waals surface area contributed by atoms with E-state index in [1.165, 1.54) is 25.3 Å². The predicted molar refractivity (Wildman–Crippen MR) is 74.5 cm³/mol. The van der Waals surface area contributed by atoms with Gasteiger partial charge in [-0.2, -0.15) is 10.0 Å². The maximum absolute atomic E-state index is 12.5. The molecule has 0 aromatic carbocycles. The topological polar surface area (TPSA) is 85.4 Å². The summed E-state index contributed by atoms with van der Waals surface area (Å²) in [5.41, 5.74) is -1.75. The quantitative estimate of drug-likeness (QED) is 0.729. The lowest BCUT2D eigenvalue weighted by Gasteiger charge is -2.46. The molecule has 2 heterocycles. The van der Waals surface area contributed by atoms with Crippen molar-refractivity contribution in [1.29, 1.82) is 0 Å². The Balaban J connectivity index is 2.57. The second kappa shape index (κ2) is 6.18. The highest BCUT2D eigenvalue weighted by molar-refractivity contribution is 6.02. The van der Waals surface area contributed by atoms with Gasteiger partial charge in [-0.3, -0.25) is 4.79 Å². The molecule has 120 valence electrons. The maximum Gasteiger partial charge on any atom is 0.432 e. The molecule has 8 heteroatoms. The van der Waals surface area contributed by atoms with Gasteiger partial charge in [0.15, 0.2) is 0 Å². The van der Waals surface area contributed by atoms with E-state index < -0.39 is 29.7 Å². The minimum atomic E-state index is -1.75. The maximum atomic E-state index is 12.5. The Morgan fingerprint density at radius 3 is 2.50 bits per heavy atom. The number of carbonyl (C=O) groups is 3. The van der Waals surface area contributed by atoms with Crippen LogP contribution in [0.5, 0.6) is 0 Å². The van der Waals surface area contributed by atoms with Gasteiger partial charge in [0.05, 0.1) is 26.9 Å². The number of carbonyl (C=O) groups excluding carboxylic acids is 3. The second-order valence-electron chi connectivity index (χ2n) is 4.71. The van der Waals surface area contributed by atoms with Gasteiger partial charge in [-0.1, -0.05) is 19.1 Å². The largest absolute Gasteiger partial charge is 0.451 e. The summed E-state index contributed by atoms with van der Waals surface area (Å²) in [5, 5.41) is 1.87. The van der Waals surface area contributed by atoms with Crippen molar-refractivity contribution < 1.29 is 28.6 Å². The number of hydrogen-bond donors (Lipinski definition) is 0. The fourth-order valence-electron chi connectivity index (χ4n) is 2.36. The molecule has 2 aliphatic heterocycles. The normalized spacial score (nSPS) is 26.1. The van der Waals surface area contributed by atoms with Gasteiger partial charge in [-0.05, 0) is 18.6 Å². The van der Waals surface area contributed by atoms with Gasteiger partial charge < -0.3 is 14.2 Å². The summed E-state index contributed by atoms with van der Waals surface area (Å²) in [6.07, 6.45) is 4.79. The number of fused-ring (bicyclic) bond motifs is 2. The number of ether oxygens (including phenoxy) is 3. The third-order valence-corrected chi connectivity index (χ3v) is 3.37. The highest BCUT2D eigenvalue weighted by atomic mass is 16.6. The van der Waals surface area contributed by atoms with Crippen molar-refractivity contribution in [1.82, 2.24) is 10.0 Å². The number of rotatable bonds is 3. The number of hydrogen-bond acceptors (Lipinski definition) is 6. The molecule has 0 fully saturated rings. The first kappa shape index (κ1) is 16.0. The number of methoxy groups -OCH3 is 2. The van der Waals surface area contributed by atoms with Crippen LogP contribution in [0, 0.1) is 0 Å². The molecule has 0 radical (unpaired) electrons. The van der Waals surface area contributed by atoms with Gasteiger partial charge in [-0.15, -0.1) is 0 Å². The summed E-state index contributed by atoms with van der Waals surface area (Å²) in [4.78, 5) is 36.8. The number of amides is 2. The van der Waals surface area contributed by atoms with E-state index in [1.807, 2.05) is 6.92 Å². The SMILES string of the molecule is CCCO[C@]12C=C[C@H](C=CC1=O)N(C(=O)OC)N2C(=O)OC. The van der Waals surface area contributed by atoms with E-state index in [4.69, 9.17) is 14.2 Å². The molecule has 3 aliphatic rings. The first-order valence-electron chi connectivity index (χ1n) is 6.83. The molecule has 0 N–H and O–H groups in total. The van der Waals surface area contributed by atoms with E-state index in [0.29, 0.717) is 6.42 Å². The van der Waals surface area contributed by atoms with Gasteiger partial charge in [0, 0.05) is 0 Å². The average molecular weight is 310 g/mol. The molecule has 0 spiro atoms. The lowest BCUT2D eigenvalue weighted by atomic mass is 10.1. The van der Waals surface area contributed by atoms with E-state index in [-0.39, 0.29) is 6.61 Å². The zero-order valence-electron chi connectivity index (χ0n) is 12.6. The molecular weight excluding hydrogens is 292 g/mol. The zero-order chi connectivity index (χ0) is 16.3. The Hall–Kier alpha value is -2.35. The van der Waals surface area contributed by atoms with Crippen molar-refractivity contribution in [3.63, 3.8) is 0 Å². The summed E-state index contributed by atoms with van der Waals surface area (Å²) in [6.45, 7) is 2.08. The monoisotopic (exact) mass is 310 g/mol. The molecule has 0 aromatic rings. The molecule has 3 rings (SSSR count). The van der Waals surface area contributed by atoms with Crippen LogP contribution in [0.2, 0.25) is 0 Å². The van der Waals surface area contributed by atoms with E-state index in [1.54, 1.807) is 6.08 Å². The lowest BCUT2D eigenvalue weighted by molar-refractivity contribution is -0.190. The van der Waals surface area contributed by atoms with Crippen molar-refractivity contribution in [3.05, 3.63) is 24.3 Å². The zero-order valence-corrected chi connectivity index (χ0v) is 12.6. The van der Waals surface area contributed by atoms with Crippen LogP contribution in [0.4, 0.5) is 9.59 Å². The number of hydrazine groups is 1. The van der Waals surface area contributed by atoms with E-state index in [0.717, 1.165) is 17.1 Å². The average Bonchev–Trinajstić information content (AvgIpc) is 2.77. The molecule has 8 nitrogen and oxygen atoms in total. The van der Waals surface area contributed by atoms with Crippen molar-refractivity contribution in [2.45, 2.75) is 25.1 Å². The predicted octanol–water partition coefficient (Wildman–Crippen LogP) is 1.24. The smallest absolute Gasteiger partial charge is 0.432 e. The second-order valence-corrected chi connectivity index (χ2v) is 4.71. The molecule has 0 aromatic heterocycles. The first-order chi connectivity index (χ1) is 10.5. The van der Waals surface area contributed by atoms with Crippen LogP contribution in [0.3, 0.4) is 0 Å². The third-order valence-electron chi connectivity index (χ3n) is 3.37. The molecule has 2 amide bonds. The summed E-state index contributed by atoms with van der Waals surface area (Å²) in [6, 6.07) is -0.642. The van der Waals surface area contributed by atoms with Crippen LogP contribution < -0.4 is 0 Å². The lowest BCUT2D eigenvalue weighted by Crippen LogP contribution is -2.67. The standard InChI is InChI=1S/C14H18N2O6/c1-4-9-22-14-8-7-10(5-6-11(14)17)15(12(18)20-2)16(14)13(19)21-3/h5-8,10H,4,9H2,1-3H3/t10-,14+/m0/s1. The Bertz CT molecular complexity index is 543. The summed E-state index contributed by atoms with van der Waals surface area (Å²) >= 11 is 0. The molecule has 1 aliphatic carbocycles. The minimum absolute atomic E-state index is 0.219. The van der Waals surface area contributed by atoms with Gasteiger partial charge in [0.1, 0.15) is 0 Å². The van der Waals surface area contributed by atoms with E-state index in [9.17, 15) is 14.4 Å². The van der Waals surface area contributed by atoms with E-state index >= 15 is 0 Å². The Kier molecular flexibility index (Phi) is 4.51. The first-order valence-corrected chi connectivity index (χ1v) is 6.83. The fourth-order valence-corrected chi connectivity index (χ4v) is 2.36. The van der Waals surface area contributed by atoms with Gasteiger partial charge in [-0.25, -0.2) is 9.59 Å². The van der Waals surface area contributed by atoms with E-state index in [2.05, 4.69) is 0 Å². The summed E-state index contributed by atoms with van der Waals surface area (Å²) in [7, 11) is 2.34. The van der Waals surface area contributed by atoms with Crippen LogP contribution in [0.1, 0.15) is 13.3 Å². The Morgan fingerprint density at radius 1 is 1.23 bits per heavy atom. The highest BCUT2D eigenvalue weighted by Gasteiger charge is 2.55. The summed E-state index contributed by atoms with van der Waals surface area (Å²) < 4.78 is 15.1. The molecule has 2 atom stereocenters. The van der Waals surface area contributed by atoms with Crippen molar-refractivity contribution in [2.75, 3.05) is 20.8 Å². The Labute approximate surface area is 127 Å². The van der Waals surface area contributed by atoms with Crippen LogP contribution in [0.15, 0.2) is 24.3 Å². The van der Waals surface area contributed by atoms with Gasteiger partial charge >= 0.3 is 12.2 Å². The molecule has 0 unspecified atom stereocenters. The molecule has 0 saturated carbocycles. The van der Waals surface area contributed by atoms with Gasteiger partial charge in [0.25, 0.3) is 0 Å². The molecule has 2 bridgehead atoms. The van der Waals surface area contributed by atoms with Crippen LogP contribution in [-0.2, 0) is 19.0 Å². The Morgan fingerprint density at radius 2 is 1.91 bits per heavy atom. The van der Waals surface area contributed by atoms with Gasteiger partial charge in [0.2, 0.25) is 11.5 Å². The number of ketones is 1.